The molecule has 1 aliphatic rings. The van der Waals surface area contributed by atoms with E-state index in [1.54, 1.807) is 7.11 Å². The van der Waals surface area contributed by atoms with Gasteiger partial charge in [0.25, 0.3) is 0 Å². The Hall–Kier alpha value is -0.810. The minimum Gasteiger partial charge on any atom is -0.383 e. The Kier molecular flexibility index (Phi) is 5.88. The van der Waals surface area contributed by atoms with Crippen LogP contribution in [-0.4, -0.2) is 45.6 Å². The number of rotatable bonds is 6. The van der Waals surface area contributed by atoms with E-state index in [9.17, 15) is 0 Å². The Labute approximate surface area is 132 Å². The van der Waals surface area contributed by atoms with E-state index < -0.39 is 0 Å². The van der Waals surface area contributed by atoms with E-state index in [2.05, 4.69) is 36.2 Å². The number of nitrogens with zero attached hydrogens (tertiary/aromatic N) is 1. The molecule has 0 aromatic heterocycles. The summed E-state index contributed by atoms with van der Waals surface area (Å²) >= 11 is 6.50. The molecule has 1 aromatic carbocycles. The van der Waals surface area contributed by atoms with Gasteiger partial charge in [0.1, 0.15) is 0 Å². The predicted molar refractivity (Wildman–Crippen MR) is 87.3 cm³/mol. The molecule has 0 unspecified atom stereocenters. The molecule has 2 rings (SSSR count). The van der Waals surface area contributed by atoms with Gasteiger partial charge < -0.3 is 19.7 Å². The second-order valence-corrected chi connectivity index (χ2v) is 6.38. The number of methoxy groups -OCH3 is 1. The second-order valence-electron chi connectivity index (χ2n) is 5.97. The summed E-state index contributed by atoms with van der Waals surface area (Å²) in [6.07, 6.45) is 0. The fraction of sp³-hybridized carbons (Fsp3) is 0.625. The molecule has 1 fully saturated rings. The van der Waals surface area contributed by atoms with Crippen LogP contribution in [0.3, 0.4) is 0 Å². The normalized spacial score (nSPS) is 18.0. The summed E-state index contributed by atoms with van der Waals surface area (Å²) in [5, 5.41) is 4.13. The van der Waals surface area contributed by atoms with Gasteiger partial charge in [-0.3, -0.25) is 0 Å². The second kappa shape index (κ2) is 7.45. The molecule has 1 aromatic rings. The van der Waals surface area contributed by atoms with Gasteiger partial charge in [0.05, 0.1) is 36.1 Å². The van der Waals surface area contributed by atoms with Crippen LogP contribution in [-0.2, 0) is 16.0 Å². The van der Waals surface area contributed by atoms with Gasteiger partial charge >= 0.3 is 0 Å². The maximum absolute atomic E-state index is 6.50. The van der Waals surface area contributed by atoms with Crippen LogP contribution >= 0.6 is 11.6 Å². The summed E-state index contributed by atoms with van der Waals surface area (Å²) in [5.74, 6) is 0. The summed E-state index contributed by atoms with van der Waals surface area (Å²) in [5.41, 5.74) is 2.25. The summed E-state index contributed by atoms with van der Waals surface area (Å²) < 4.78 is 10.6. The predicted octanol–water partition coefficient (Wildman–Crippen LogP) is 2.69. The van der Waals surface area contributed by atoms with Crippen LogP contribution in [0.5, 0.6) is 0 Å². The molecule has 118 valence electrons. The van der Waals surface area contributed by atoms with Crippen molar-refractivity contribution in [3.8, 4) is 0 Å². The van der Waals surface area contributed by atoms with Crippen molar-refractivity contribution in [2.45, 2.75) is 25.9 Å². The third-order valence-electron chi connectivity index (χ3n) is 3.76. The number of hydrogen-bond donors (Lipinski definition) is 1. The van der Waals surface area contributed by atoms with Crippen molar-refractivity contribution in [3.63, 3.8) is 0 Å². The molecule has 1 heterocycles. The number of benzene rings is 1. The van der Waals surface area contributed by atoms with Gasteiger partial charge in [-0.15, -0.1) is 0 Å². The Morgan fingerprint density at radius 2 is 2.24 bits per heavy atom. The summed E-state index contributed by atoms with van der Waals surface area (Å²) in [4.78, 5) is 2.33. The maximum Gasteiger partial charge on any atom is 0.0694 e. The number of hydrogen-bond acceptors (Lipinski definition) is 4. The first-order chi connectivity index (χ1) is 10.0. The zero-order valence-electron chi connectivity index (χ0n) is 13.1. The minimum absolute atomic E-state index is 0.0277. The molecule has 0 amide bonds. The maximum atomic E-state index is 6.50. The first-order valence-corrected chi connectivity index (χ1v) is 7.76. The van der Waals surface area contributed by atoms with E-state index in [-0.39, 0.29) is 5.54 Å². The van der Waals surface area contributed by atoms with Gasteiger partial charge in [-0.2, -0.15) is 0 Å². The van der Waals surface area contributed by atoms with Crippen molar-refractivity contribution >= 4 is 17.3 Å². The largest absolute Gasteiger partial charge is 0.383 e. The van der Waals surface area contributed by atoms with Crippen molar-refractivity contribution in [2.24, 2.45) is 0 Å². The SMILES string of the molecule is COCCNCc1ccc(N2CCOCC2(C)C)c(Cl)c1. The molecule has 4 nitrogen and oxygen atoms in total. The van der Waals surface area contributed by atoms with E-state index in [0.717, 1.165) is 43.6 Å². The molecule has 0 bridgehead atoms. The molecule has 5 heteroatoms. The highest BCUT2D eigenvalue weighted by molar-refractivity contribution is 6.33. The van der Waals surface area contributed by atoms with Gasteiger partial charge in [-0.05, 0) is 31.5 Å². The van der Waals surface area contributed by atoms with Crippen molar-refractivity contribution in [3.05, 3.63) is 28.8 Å². The van der Waals surface area contributed by atoms with E-state index in [4.69, 9.17) is 21.1 Å². The summed E-state index contributed by atoms with van der Waals surface area (Å²) in [7, 11) is 1.71. The third-order valence-corrected chi connectivity index (χ3v) is 4.06. The molecule has 0 saturated carbocycles. The summed E-state index contributed by atoms with van der Waals surface area (Å²) in [6, 6.07) is 6.29. The van der Waals surface area contributed by atoms with Crippen LogP contribution < -0.4 is 10.2 Å². The van der Waals surface area contributed by atoms with Crippen molar-refractivity contribution in [2.75, 3.05) is 44.9 Å². The quantitative estimate of drug-likeness (QED) is 0.819. The average Bonchev–Trinajstić information content (AvgIpc) is 2.44. The molecule has 1 saturated heterocycles. The zero-order chi connectivity index (χ0) is 15.3. The molecule has 0 spiro atoms. The number of morpholine rings is 1. The van der Waals surface area contributed by atoms with Crippen LogP contribution in [0.4, 0.5) is 5.69 Å². The lowest BCUT2D eigenvalue weighted by molar-refractivity contribution is 0.0644. The molecule has 21 heavy (non-hydrogen) atoms. The Morgan fingerprint density at radius 1 is 1.43 bits per heavy atom. The first kappa shape index (κ1) is 16.6. The molecule has 1 N–H and O–H groups in total. The Balaban J connectivity index is 2.04. The molecular weight excluding hydrogens is 288 g/mol. The number of anilines is 1. The standard InChI is InChI=1S/C16H25ClN2O2/c1-16(2)12-21-9-7-19(16)15-5-4-13(10-14(15)17)11-18-6-8-20-3/h4-5,10,18H,6-9,11-12H2,1-3H3. The van der Waals surface area contributed by atoms with Gasteiger partial charge in [0.15, 0.2) is 0 Å². The highest BCUT2D eigenvalue weighted by atomic mass is 35.5. The van der Waals surface area contributed by atoms with E-state index in [1.165, 1.54) is 5.56 Å². The number of ether oxygens (including phenoxy) is 2. The lowest BCUT2D eigenvalue weighted by Crippen LogP contribution is -2.53. The van der Waals surface area contributed by atoms with Crippen LogP contribution in [0.15, 0.2) is 18.2 Å². The first-order valence-electron chi connectivity index (χ1n) is 7.38. The van der Waals surface area contributed by atoms with E-state index in [1.807, 2.05) is 6.07 Å². The van der Waals surface area contributed by atoms with E-state index in [0.29, 0.717) is 6.61 Å². The van der Waals surface area contributed by atoms with Crippen LogP contribution in [0.2, 0.25) is 5.02 Å². The third kappa shape index (κ3) is 4.33. The lowest BCUT2D eigenvalue weighted by atomic mass is 10.0. The highest BCUT2D eigenvalue weighted by Gasteiger charge is 2.31. The smallest absolute Gasteiger partial charge is 0.0694 e. The Morgan fingerprint density at radius 3 is 2.90 bits per heavy atom. The van der Waals surface area contributed by atoms with Crippen LogP contribution in [0.25, 0.3) is 0 Å². The van der Waals surface area contributed by atoms with Gasteiger partial charge in [0, 0.05) is 26.7 Å². The Bertz CT molecular complexity index is 466. The monoisotopic (exact) mass is 312 g/mol. The van der Waals surface area contributed by atoms with Gasteiger partial charge in [-0.25, -0.2) is 0 Å². The molecular formula is C16H25ClN2O2. The molecule has 0 aliphatic carbocycles. The molecule has 0 atom stereocenters. The van der Waals surface area contributed by atoms with Gasteiger partial charge in [0.2, 0.25) is 0 Å². The van der Waals surface area contributed by atoms with Gasteiger partial charge in [-0.1, -0.05) is 17.7 Å². The van der Waals surface area contributed by atoms with E-state index >= 15 is 0 Å². The highest BCUT2D eigenvalue weighted by Crippen LogP contribution is 2.33. The minimum atomic E-state index is -0.0277. The van der Waals surface area contributed by atoms with Crippen LogP contribution in [0, 0.1) is 0 Å². The molecule has 0 radical (unpaired) electrons. The fourth-order valence-corrected chi connectivity index (χ4v) is 2.90. The average molecular weight is 313 g/mol. The molecule has 1 aliphatic heterocycles. The zero-order valence-corrected chi connectivity index (χ0v) is 13.9. The number of nitrogens with one attached hydrogen (secondary N) is 1. The van der Waals surface area contributed by atoms with Crippen molar-refractivity contribution in [1.29, 1.82) is 0 Å². The number of halogens is 1. The van der Waals surface area contributed by atoms with Crippen molar-refractivity contribution in [1.82, 2.24) is 5.32 Å². The lowest BCUT2D eigenvalue weighted by Gasteiger charge is -2.44. The van der Waals surface area contributed by atoms with Crippen LogP contribution in [0.1, 0.15) is 19.4 Å². The van der Waals surface area contributed by atoms with Crippen molar-refractivity contribution < 1.29 is 9.47 Å². The summed E-state index contributed by atoms with van der Waals surface area (Å²) in [6.45, 7) is 9.07. The topological polar surface area (TPSA) is 33.7 Å². The fourth-order valence-electron chi connectivity index (χ4n) is 2.59.